The third-order valence-corrected chi connectivity index (χ3v) is 13.5. The molecule has 2 aromatic heterocycles. The van der Waals surface area contributed by atoms with Crippen molar-refractivity contribution >= 4 is 23.6 Å². The second kappa shape index (κ2) is 8.54. The van der Waals surface area contributed by atoms with Crippen molar-refractivity contribution in [2.75, 3.05) is 13.3 Å². The molecule has 1 aromatic carbocycles. The number of hydrogen-bond acceptors (Lipinski definition) is 8. The Morgan fingerprint density at radius 1 is 0.590 bits per heavy atom. The molecule has 2 aliphatic rings. The quantitative estimate of drug-likeness (QED) is 0.273. The van der Waals surface area contributed by atoms with Gasteiger partial charge in [0, 0.05) is 0 Å². The zero-order chi connectivity index (χ0) is 28.2. The summed E-state index contributed by atoms with van der Waals surface area (Å²) in [6, 6.07) is 15.1. The molecule has 2 unspecified atom stereocenters. The van der Waals surface area contributed by atoms with Crippen LogP contribution in [-0.2, 0) is 0 Å². The summed E-state index contributed by atoms with van der Waals surface area (Å²) >= 11 is 0. The fraction of sp³-hybridized carbons (Fsp3) is 0.250. The van der Waals surface area contributed by atoms with Crippen LogP contribution in [0.1, 0.15) is 11.4 Å². The van der Waals surface area contributed by atoms with Crippen molar-refractivity contribution in [3.8, 4) is 0 Å². The van der Waals surface area contributed by atoms with Crippen LogP contribution >= 0.6 is 6.60 Å². The van der Waals surface area contributed by atoms with Crippen molar-refractivity contribution in [2.45, 2.75) is 23.2 Å². The fourth-order valence-corrected chi connectivity index (χ4v) is 10.0. The predicted molar refractivity (Wildman–Crippen MR) is 134 cm³/mol. The van der Waals surface area contributed by atoms with Crippen LogP contribution in [0.25, 0.3) is 0 Å². The molecular weight excluding hydrogens is 545 g/mol. The zero-order valence-corrected chi connectivity index (χ0v) is 21.2. The van der Waals surface area contributed by atoms with Crippen molar-refractivity contribution in [3.63, 3.8) is 0 Å². The molecule has 0 spiro atoms. The van der Waals surface area contributed by atoms with E-state index in [1.165, 1.54) is 79.1 Å². The van der Waals surface area contributed by atoms with Gasteiger partial charge in [-0.1, -0.05) is 0 Å². The summed E-state index contributed by atoms with van der Waals surface area (Å²) in [6.45, 7) is -4.18. The molecular formula is C24H19F6N8P. The first-order chi connectivity index (χ1) is 18.3. The van der Waals surface area contributed by atoms with Crippen LogP contribution in [0.15, 0.2) is 110 Å². The molecule has 5 rings (SSSR count). The number of benzene rings is 1. The van der Waals surface area contributed by atoms with Gasteiger partial charge in [0.2, 0.25) is 0 Å². The normalized spacial score (nSPS) is 24.3. The molecule has 0 N–H and O–H groups in total. The summed E-state index contributed by atoms with van der Waals surface area (Å²) in [5.74, 6) is -1.13. The molecule has 15 heteroatoms. The summed E-state index contributed by atoms with van der Waals surface area (Å²) in [5.41, 5.74) is -0.184. The van der Waals surface area contributed by atoms with E-state index in [1.54, 1.807) is 0 Å². The molecule has 0 radical (unpaired) electrons. The monoisotopic (exact) mass is 564 g/mol. The van der Waals surface area contributed by atoms with Gasteiger partial charge in [-0.15, -0.1) is 0 Å². The van der Waals surface area contributed by atoms with E-state index in [4.69, 9.17) is 0 Å². The summed E-state index contributed by atoms with van der Waals surface area (Å²) in [4.78, 5) is 15.6. The Morgan fingerprint density at radius 3 is 1.36 bits per heavy atom. The van der Waals surface area contributed by atoms with E-state index in [1.807, 2.05) is 0 Å². The Balaban J connectivity index is 1.92. The van der Waals surface area contributed by atoms with Gasteiger partial charge < -0.3 is 0 Å². The van der Waals surface area contributed by atoms with Gasteiger partial charge in [-0.3, -0.25) is 0 Å². The summed E-state index contributed by atoms with van der Waals surface area (Å²) < 4.78 is 92.5. The number of alkyl halides is 6. The summed E-state index contributed by atoms with van der Waals surface area (Å²) in [5, 5.41) is 6.57. The fourth-order valence-electron chi connectivity index (χ4n) is 4.85. The molecule has 0 bridgehead atoms. The van der Waals surface area contributed by atoms with Crippen LogP contribution in [0.5, 0.6) is 0 Å². The van der Waals surface area contributed by atoms with E-state index < -0.39 is 41.4 Å². The Labute approximate surface area is 217 Å². The molecule has 2 atom stereocenters. The molecule has 0 aliphatic carbocycles. The van der Waals surface area contributed by atoms with E-state index >= 15 is 26.3 Å². The van der Waals surface area contributed by atoms with Gasteiger partial charge in [-0.2, -0.15) is 0 Å². The van der Waals surface area contributed by atoms with Crippen LogP contribution < -0.4 is 5.30 Å². The van der Waals surface area contributed by atoms with E-state index in [0.29, 0.717) is 0 Å². The van der Waals surface area contributed by atoms with Gasteiger partial charge in [0.05, 0.1) is 0 Å². The van der Waals surface area contributed by atoms with Gasteiger partial charge in [0.1, 0.15) is 0 Å². The first-order valence-corrected chi connectivity index (χ1v) is 14.5. The minimum atomic E-state index is -5.92. The van der Waals surface area contributed by atoms with E-state index in [2.05, 4.69) is 40.4 Å². The number of aromatic nitrogens is 2. The first-order valence-electron chi connectivity index (χ1n) is 11.3. The molecule has 8 nitrogen and oxygen atoms in total. The third-order valence-electron chi connectivity index (χ3n) is 7.04. The van der Waals surface area contributed by atoms with Crippen molar-refractivity contribution in [2.24, 2.45) is 30.4 Å². The number of aliphatic imine (C=N–C) groups is 2. The van der Waals surface area contributed by atoms with Gasteiger partial charge in [-0.05, 0) is 0 Å². The van der Waals surface area contributed by atoms with Gasteiger partial charge in [0.15, 0.2) is 0 Å². The maximum atomic E-state index is 15.4. The van der Waals surface area contributed by atoms with Crippen LogP contribution in [0.2, 0.25) is 0 Å². The number of rotatable bonds is 5. The van der Waals surface area contributed by atoms with Crippen molar-refractivity contribution in [3.05, 3.63) is 90.5 Å². The van der Waals surface area contributed by atoms with E-state index in [9.17, 15) is 0 Å². The standard InChI is InChI=1S/C24H19F6N8P/c1-39(2,16-10-4-3-5-11-16,23(21(25,26)27)33-19(35-37-23)17-12-6-8-14-31-17)24(22(28,29)30)34-20(36-38-24)18-13-7-9-15-32-18/h3-15H,1-2H3. The number of nitrogens with zero attached hydrogens (tertiary/aromatic N) is 8. The average Bonchev–Trinajstić information content (AvgIpc) is 3.58. The second-order valence-corrected chi connectivity index (χ2v) is 15.4. The van der Waals surface area contributed by atoms with Crippen LogP contribution in [0, 0.1) is 0 Å². The molecule has 0 fully saturated rings. The SMILES string of the molecule is CP(C)(c1ccccc1)(C1(C(F)(F)F)N=NC(c2ccccn2)=N1)C1(C(F)(F)F)N=NC(c2ccccn2)=N1. The third kappa shape index (κ3) is 3.50. The molecule has 3 aromatic rings. The van der Waals surface area contributed by atoms with Gasteiger partial charge in [-0.25, -0.2) is 0 Å². The molecule has 0 amide bonds. The molecule has 4 heterocycles. The van der Waals surface area contributed by atoms with Crippen LogP contribution in [-0.4, -0.2) is 58.1 Å². The Bertz CT molecular complexity index is 1430. The van der Waals surface area contributed by atoms with E-state index in [-0.39, 0.29) is 16.7 Å². The number of pyridine rings is 2. The first kappa shape index (κ1) is 26.7. The topological polar surface area (TPSA) is 99.9 Å². The summed E-state index contributed by atoms with van der Waals surface area (Å²) in [7, 11) is 0. The molecule has 39 heavy (non-hydrogen) atoms. The van der Waals surface area contributed by atoms with Crippen LogP contribution in [0.3, 0.4) is 0 Å². The number of halogens is 6. The van der Waals surface area contributed by atoms with Crippen molar-refractivity contribution < 1.29 is 26.3 Å². The molecule has 0 saturated carbocycles. The zero-order valence-electron chi connectivity index (χ0n) is 20.3. The number of amidine groups is 2. The van der Waals surface area contributed by atoms with Gasteiger partial charge in [0.25, 0.3) is 0 Å². The Hall–Kier alpha value is -3.93. The minimum absolute atomic E-state index is 0.0919. The average molecular weight is 564 g/mol. The van der Waals surface area contributed by atoms with Gasteiger partial charge >= 0.3 is 217 Å². The second-order valence-electron chi connectivity index (χ2n) is 9.43. The van der Waals surface area contributed by atoms with Crippen molar-refractivity contribution in [1.82, 2.24) is 9.97 Å². The molecule has 2 aliphatic heterocycles. The predicted octanol–water partition coefficient (Wildman–Crippen LogP) is 6.17. The number of azo groups is 2. The maximum absolute atomic E-state index is 15.4. The summed E-state index contributed by atoms with van der Waals surface area (Å²) in [6.07, 6.45) is -8.36. The Morgan fingerprint density at radius 2 is 1.00 bits per heavy atom. The van der Waals surface area contributed by atoms with E-state index in [0.717, 1.165) is 13.3 Å². The van der Waals surface area contributed by atoms with Crippen molar-refractivity contribution in [1.29, 1.82) is 0 Å². The molecule has 0 saturated heterocycles. The Kier molecular flexibility index (Phi) is 5.84. The molecule has 202 valence electrons. The number of hydrogen-bond donors (Lipinski definition) is 0. The van der Waals surface area contributed by atoms with Crippen LogP contribution in [0.4, 0.5) is 26.3 Å².